The molecule has 1 fully saturated rings. The normalized spacial score (nSPS) is 15.0. The number of rotatable bonds is 9. The number of amides is 1. The van der Waals surface area contributed by atoms with Crippen molar-refractivity contribution in [2.75, 3.05) is 19.6 Å². The van der Waals surface area contributed by atoms with Crippen LogP contribution in [0.3, 0.4) is 0 Å². The number of piperidine rings is 1. The molecule has 1 saturated heterocycles. The number of likely N-dealkylation sites (tertiary alicyclic amines) is 1. The van der Waals surface area contributed by atoms with Crippen LogP contribution in [0.4, 0.5) is 0 Å². The molecule has 1 aliphatic rings. The Labute approximate surface area is 176 Å². The first-order valence-corrected chi connectivity index (χ1v) is 11.3. The molecule has 4 heteroatoms. The van der Waals surface area contributed by atoms with Gasteiger partial charge >= 0.3 is 0 Å². The van der Waals surface area contributed by atoms with E-state index in [0.717, 1.165) is 42.8 Å². The van der Waals surface area contributed by atoms with Gasteiger partial charge in [-0.1, -0.05) is 56.0 Å². The summed E-state index contributed by atoms with van der Waals surface area (Å²) in [6.45, 7) is 10.8. The first-order valence-electron chi connectivity index (χ1n) is 11.3. The molecule has 4 nitrogen and oxygen atoms in total. The van der Waals surface area contributed by atoms with E-state index < -0.39 is 0 Å². The van der Waals surface area contributed by atoms with Crippen LogP contribution in [0.5, 0.6) is 0 Å². The first kappa shape index (κ1) is 21.6. The Morgan fingerprint density at radius 1 is 1.00 bits per heavy atom. The van der Waals surface area contributed by atoms with Crippen molar-refractivity contribution in [1.29, 1.82) is 0 Å². The average Bonchev–Trinajstić information content (AvgIpc) is 3.00. The van der Waals surface area contributed by atoms with E-state index in [0.29, 0.717) is 5.56 Å². The van der Waals surface area contributed by atoms with Crippen molar-refractivity contribution in [1.82, 2.24) is 9.47 Å². The van der Waals surface area contributed by atoms with Gasteiger partial charge in [0.25, 0.3) is 5.91 Å². The second kappa shape index (κ2) is 10.1. The molecule has 29 heavy (non-hydrogen) atoms. The maximum Gasteiger partial charge on any atom is 0.251 e. The lowest BCUT2D eigenvalue weighted by Gasteiger charge is -2.27. The molecule has 1 aromatic carbocycles. The van der Waals surface area contributed by atoms with E-state index in [1.807, 2.05) is 0 Å². The summed E-state index contributed by atoms with van der Waals surface area (Å²) in [7, 11) is 0. The second-order valence-corrected chi connectivity index (χ2v) is 8.52. The maximum atomic E-state index is 12.5. The number of aromatic nitrogens is 1. The zero-order valence-corrected chi connectivity index (χ0v) is 18.5. The van der Waals surface area contributed by atoms with Gasteiger partial charge in [0.2, 0.25) is 0 Å². The molecule has 0 atom stereocenters. The number of carbonyl (C=O) groups is 1. The van der Waals surface area contributed by atoms with Crippen molar-refractivity contribution < 1.29 is 4.79 Å². The molecule has 2 aromatic rings. The summed E-state index contributed by atoms with van der Waals surface area (Å²) in [5, 5.41) is 0. The first-order chi connectivity index (χ1) is 14.0. The lowest BCUT2D eigenvalue weighted by Crippen LogP contribution is -2.33. The molecule has 3 rings (SSSR count). The average molecular weight is 396 g/mol. The van der Waals surface area contributed by atoms with Crippen LogP contribution in [0.2, 0.25) is 0 Å². The number of primary amides is 1. The number of unbranched alkanes of at least 4 members (excludes halogenated alkanes) is 2. The Morgan fingerprint density at radius 3 is 2.31 bits per heavy atom. The van der Waals surface area contributed by atoms with Gasteiger partial charge in [0.05, 0.1) is 5.56 Å². The lowest BCUT2D eigenvalue weighted by molar-refractivity contribution is 0.1000. The molecule has 0 unspecified atom stereocenters. The van der Waals surface area contributed by atoms with E-state index in [1.165, 1.54) is 56.5 Å². The van der Waals surface area contributed by atoms with Crippen molar-refractivity contribution in [3.05, 3.63) is 46.8 Å². The summed E-state index contributed by atoms with van der Waals surface area (Å²) in [6.07, 6.45) is 8.48. The van der Waals surface area contributed by atoms with Gasteiger partial charge in [-0.15, -0.1) is 0 Å². The van der Waals surface area contributed by atoms with Gasteiger partial charge in [0.15, 0.2) is 0 Å². The van der Waals surface area contributed by atoms with Crippen LogP contribution >= 0.6 is 0 Å². The van der Waals surface area contributed by atoms with E-state index in [2.05, 4.69) is 54.5 Å². The number of aryl methyl sites for hydroxylation is 1. The van der Waals surface area contributed by atoms with Crippen LogP contribution in [-0.2, 0) is 13.0 Å². The number of hydrogen-bond acceptors (Lipinski definition) is 2. The smallest absolute Gasteiger partial charge is 0.251 e. The SMILES string of the molecule is CCCCCc1c(-c2ccc(C)cc2)c(C(N)=O)c(C)n1CCN1CCCCC1. The zero-order chi connectivity index (χ0) is 20.8. The van der Waals surface area contributed by atoms with E-state index in [1.54, 1.807) is 0 Å². The van der Waals surface area contributed by atoms with E-state index in [-0.39, 0.29) is 5.91 Å². The minimum atomic E-state index is -0.313. The summed E-state index contributed by atoms with van der Waals surface area (Å²) < 4.78 is 2.39. The van der Waals surface area contributed by atoms with Crippen LogP contribution in [0.1, 0.15) is 72.8 Å². The van der Waals surface area contributed by atoms with E-state index in [9.17, 15) is 4.79 Å². The number of carbonyl (C=O) groups excluding carboxylic acids is 1. The largest absolute Gasteiger partial charge is 0.366 e. The standard InChI is InChI=1S/C25H37N3O/c1-4-5-7-10-22-24(21-13-11-19(2)12-14-21)23(25(26)29)20(3)28(22)18-17-27-15-8-6-9-16-27/h11-14H,4-10,15-18H2,1-3H3,(H2,26,29). The maximum absolute atomic E-state index is 12.5. The molecule has 0 saturated carbocycles. The topological polar surface area (TPSA) is 51.3 Å². The highest BCUT2D eigenvalue weighted by molar-refractivity contribution is 6.02. The van der Waals surface area contributed by atoms with E-state index in [4.69, 9.17) is 5.73 Å². The quantitative estimate of drug-likeness (QED) is 0.601. The molecule has 158 valence electrons. The summed E-state index contributed by atoms with van der Waals surface area (Å²) in [5.74, 6) is -0.313. The van der Waals surface area contributed by atoms with Gasteiger partial charge in [-0.2, -0.15) is 0 Å². The molecule has 2 N–H and O–H groups in total. The Bertz CT molecular complexity index is 814. The molecular formula is C25H37N3O. The number of hydrogen-bond donors (Lipinski definition) is 1. The van der Waals surface area contributed by atoms with Gasteiger partial charge < -0.3 is 15.2 Å². The monoisotopic (exact) mass is 395 g/mol. The Kier molecular flexibility index (Phi) is 7.54. The Hall–Kier alpha value is -2.07. The third-order valence-corrected chi connectivity index (χ3v) is 6.32. The van der Waals surface area contributed by atoms with Crippen molar-refractivity contribution in [2.45, 2.75) is 72.3 Å². The molecule has 0 radical (unpaired) electrons. The summed E-state index contributed by atoms with van der Waals surface area (Å²) >= 11 is 0. The number of nitrogens with two attached hydrogens (primary N) is 1. The fourth-order valence-electron chi connectivity index (χ4n) is 4.66. The van der Waals surface area contributed by atoms with Gasteiger partial charge in [-0.05, 0) is 58.2 Å². The van der Waals surface area contributed by atoms with Crippen LogP contribution in [0.25, 0.3) is 11.1 Å². The fourth-order valence-corrected chi connectivity index (χ4v) is 4.66. The highest BCUT2D eigenvalue weighted by Gasteiger charge is 2.25. The Morgan fingerprint density at radius 2 is 1.69 bits per heavy atom. The molecule has 1 aromatic heterocycles. The van der Waals surface area contributed by atoms with Gasteiger partial charge in [-0.25, -0.2) is 0 Å². The van der Waals surface area contributed by atoms with Crippen molar-refractivity contribution in [2.24, 2.45) is 5.73 Å². The highest BCUT2D eigenvalue weighted by atomic mass is 16.1. The minimum absolute atomic E-state index is 0.313. The lowest BCUT2D eigenvalue weighted by atomic mass is 9.96. The van der Waals surface area contributed by atoms with Crippen molar-refractivity contribution in [3.8, 4) is 11.1 Å². The molecule has 2 heterocycles. The molecule has 1 aliphatic heterocycles. The summed E-state index contributed by atoms with van der Waals surface area (Å²) in [6, 6.07) is 8.51. The molecule has 1 amide bonds. The summed E-state index contributed by atoms with van der Waals surface area (Å²) in [5.41, 5.74) is 12.3. The van der Waals surface area contributed by atoms with E-state index >= 15 is 0 Å². The number of benzene rings is 1. The predicted molar refractivity (Wildman–Crippen MR) is 121 cm³/mol. The van der Waals surface area contributed by atoms with Crippen LogP contribution in [-0.4, -0.2) is 35.0 Å². The fraction of sp³-hybridized carbons (Fsp3) is 0.560. The zero-order valence-electron chi connectivity index (χ0n) is 18.5. The minimum Gasteiger partial charge on any atom is -0.366 e. The third-order valence-electron chi connectivity index (χ3n) is 6.32. The predicted octanol–water partition coefficient (Wildman–Crippen LogP) is 5.09. The van der Waals surface area contributed by atoms with Crippen molar-refractivity contribution >= 4 is 5.91 Å². The molecular weight excluding hydrogens is 358 g/mol. The van der Waals surface area contributed by atoms with Crippen LogP contribution < -0.4 is 5.73 Å². The highest BCUT2D eigenvalue weighted by Crippen LogP contribution is 2.34. The molecule has 0 aliphatic carbocycles. The molecule has 0 bridgehead atoms. The Balaban J connectivity index is 2.01. The van der Waals surface area contributed by atoms with Crippen molar-refractivity contribution in [3.63, 3.8) is 0 Å². The third kappa shape index (κ3) is 5.11. The summed E-state index contributed by atoms with van der Waals surface area (Å²) in [4.78, 5) is 15.0. The van der Waals surface area contributed by atoms with Gasteiger partial charge in [0, 0.05) is 30.0 Å². The van der Waals surface area contributed by atoms with Crippen LogP contribution in [0, 0.1) is 13.8 Å². The number of nitrogens with zero attached hydrogens (tertiary/aromatic N) is 2. The van der Waals surface area contributed by atoms with Crippen LogP contribution in [0.15, 0.2) is 24.3 Å². The van der Waals surface area contributed by atoms with Gasteiger partial charge in [-0.3, -0.25) is 4.79 Å². The second-order valence-electron chi connectivity index (χ2n) is 8.52. The van der Waals surface area contributed by atoms with Gasteiger partial charge in [0.1, 0.15) is 0 Å². The molecule has 0 spiro atoms.